The third-order valence-electron chi connectivity index (χ3n) is 4.07. The van der Waals surface area contributed by atoms with E-state index in [1.165, 1.54) is 11.1 Å². The minimum atomic E-state index is 0.693. The Kier molecular flexibility index (Phi) is 3.23. The zero-order chi connectivity index (χ0) is 15.8. The molecule has 0 aliphatic carbocycles. The lowest BCUT2D eigenvalue weighted by Crippen LogP contribution is -1.85. The topological polar surface area (TPSA) is 26.0 Å². The number of oxazole rings is 1. The summed E-state index contributed by atoms with van der Waals surface area (Å²) < 4.78 is 5.80. The van der Waals surface area contributed by atoms with Gasteiger partial charge in [-0.15, -0.1) is 0 Å². The van der Waals surface area contributed by atoms with Crippen LogP contribution in [0, 0.1) is 13.8 Å². The zero-order valence-electron chi connectivity index (χ0n) is 13.2. The molecule has 112 valence electrons. The van der Waals surface area contributed by atoms with E-state index < -0.39 is 0 Å². The van der Waals surface area contributed by atoms with Crippen LogP contribution in [0.5, 0.6) is 0 Å². The lowest BCUT2D eigenvalue weighted by molar-refractivity contribution is 0.561. The molecule has 0 bridgehead atoms. The van der Waals surface area contributed by atoms with Crippen molar-refractivity contribution in [1.29, 1.82) is 0 Å². The van der Waals surface area contributed by atoms with Crippen molar-refractivity contribution in [2.75, 3.05) is 0 Å². The summed E-state index contributed by atoms with van der Waals surface area (Å²) in [7, 11) is 0. The molecular weight excluding hydrogens is 282 g/mol. The van der Waals surface area contributed by atoms with Gasteiger partial charge in [-0.2, -0.15) is 0 Å². The summed E-state index contributed by atoms with van der Waals surface area (Å²) in [5, 5.41) is 0. The molecule has 4 aromatic rings. The maximum absolute atomic E-state index is 5.80. The smallest absolute Gasteiger partial charge is 0.192 e. The Bertz CT molecular complexity index is 966. The van der Waals surface area contributed by atoms with Crippen LogP contribution in [-0.4, -0.2) is 4.98 Å². The van der Waals surface area contributed by atoms with E-state index in [1.54, 1.807) is 0 Å². The molecule has 1 aromatic heterocycles. The predicted octanol–water partition coefficient (Wildman–Crippen LogP) is 5.78. The van der Waals surface area contributed by atoms with Gasteiger partial charge in [0.2, 0.25) is 0 Å². The van der Waals surface area contributed by atoms with Crippen molar-refractivity contribution in [2.45, 2.75) is 13.8 Å². The van der Waals surface area contributed by atoms with Gasteiger partial charge in [-0.3, -0.25) is 0 Å². The van der Waals surface area contributed by atoms with Gasteiger partial charge in [0.1, 0.15) is 5.52 Å². The SMILES string of the molecule is Cc1ccc(-c2cc(-c3ccccc3)cc3oc(C)nc23)cc1. The van der Waals surface area contributed by atoms with E-state index in [9.17, 15) is 0 Å². The fourth-order valence-electron chi connectivity index (χ4n) is 2.89. The van der Waals surface area contributed by atoms with E-state index in [4.69, 9.17) is 4.42 Å². The van der Waals surface area contributed by atoms with Crippen LogP contribution < -0.4 is 0 Å². The lowest BCUT2D eigenvalue weighted by atomic mass is 9.97. The molecule has 0 fully saturated rings. The number of benzene rings is 3. The Labute approximate surface area is 135 Å². The average Bonchev–Trinajstić information content (AvgIpc) is 2.96. The fraction of sp³-hybridized carbons (Fsp3) is 0.0952. The highest BCUT2D eigenvalue weighted by Gasteiger charge is 2.12. The Hall–Kier alpha value is -2.87. The standard InChI is InChI=1S/C21H17NO/c1-14-8-10-17(11-9-14)19-12-18(16-6-4-3-5-7-16)13-20-21(19)22-15(2)23-20/h3-13H,1-2H3. The molecule has 0 aliphatic rings. The van der Waals surface area contributed by atoms with Crippen molar-refractivity contribution in [3.63, 3.8) is 0 Å². The molecule has 0 saturated carbocycles. The molecule has 2 heteroatoms. The molecule has 0 amide bonds. The molecule has 3 aromatic carbocycles. The second-order valence-corrected chi connectivity index (χ2v) is 5.84. The summed E-state index contributed by atoms with van der Waals surface area (Å²) in [5.74, 6) is 0.693. The Morgan fingerprint density at radius 3 is 2.22 bits per heavy atom. The van der Waals surface area contributed by atoms with Gasteiger partial charge in [0.25, 0.3) is 0 Å². The zero-order valence-corrected chi connectivity index (χ0v) is 13.2. The molecule has 1 heterocycles. The molecule has 2 nitrogen and oxygen atoms in total. The first-order valence-corrected chi connectivity index (χ1v) is 7.74. The van der Waals surface area contributed by atoms with Crippen molar-refractivity contribution >= 4 is 11.1 Å². The molecule has 23 heavy (non-hydrogen) atoms. The molecule has 0 aliphatic heterocycles. The minimum Gasteiger partial charge on any atom is -0.441 e. The van der Waals surface area contributed by atoms with E-state index >= 15 is 0 Å². The van der Waals surface area contributed by atoms with Crippen LogP contribution in [0.25, 0.3) is 33.4 Å². The Morgan fingerprint density at radius 2 is 1.48 bits per heavy atom. The van der Waals surface area contributed by atoms with Crippen LogP contribution in [0.1, 0.15) is 11.5 Å². The molecule has 0 atom stereocenters. The highest BCUT2D eigenvalue weighted by molar-refractivity contribution is 5.95. The number of nitrogens with zero attached hydrogens (tertiary/aromatic N) is 1. The molecule has 0 N–H and O–H groups in total. The van der Waals surface area contributed by atoms with Crippen molar-refractivity contribution in [3.05, 3.63) is 78.2 Å². The summed E-state index contributed by atoms with van der Waals surface area (Å²) in [6.45, 7) is 3.99. The summed E-state index contributed by atoms with van der Waals surface area (Å²) >= 11 is 0. The van der Waals surface area contributed by atoms with Crippen molar-refractivity contribution in [2.24, 2.45) is 0 Å². The highest BCUT2D eigenvalue weighted by Crippen LogP contribution is 2.34. The van der Waals surface area contributed by atoms with Gasteiger partial charge in [0.15, 0.2) is 11.5 Å². The van der Waals surface area contributed by atoms with E-state index in [-0.39, 0.29) is 0 Å². The van der Waals surface area contributed by atoms with E-state index in [1.807, 2.05) is 13.0 Å². The predicted molar refractivity (Wildman–Crippen MR) is 94.4 cm³/mol. The van der Waals surface area contributed by atoms with Crippen molar-refractivity contribution in [3.8, 4) is 22.3 Å². The van der Waals surface area contributed by atoms with Crippen molar-refractivity contribution in [1.82, 2.24) is 4.98 Å². The largest absolute Gasteiger partial charge is 0.441 e. The highest BCUT2D eigenvalue weighted by atomic mass is 16.3. The van der Waals surface area contributed by atoms with Crippen LogP contribution in [0.2, 0.25) is 0 Å². The average molecular weight is 299 g/mol. The monoisotopic (exact) mass is 299 g/mol. The quantitative estimate of drug-likeness (QED) is 0.469. The molecule has 0 saturated heterocycles. The van der Waals surface area contributed by atoms with Crippen LogP contribution >= 0.6 is 0 Å². The molecule has 0 unspecified atom stereocenters. The second kappa shape index (κ2) is 5.40. The molecule has 0 radical (unpaired) electrons. The number of aromatic nitrogens is 1. The van der Waals surface area contributed by atoms with Gasteiger partial charge in [-0.05, 0) is 35.7 Å². The molecular formula is C21H17NO. The summed E-state index contributed by atoms with van der Waals surface area (Å²) in [6, 6.07) is 23.2. The van der Waals surface area contributed by atoms with Gasteiger partial charge >= 0.3 is 0 Å². The fourth-order valence-corrected chi connectivity index (χ4v) is 2.89. The first-order valence-electron chi connectivity index (χ1n) is 7.74. The second-order valence-electron chi connectivity index (χ2n) is 5.84. The first kappa shape index (κ1) is 13.8. The minimum absolute atomic E-state index is 0.693. The number of rotatable bonds is 2. The molecule has 0 spiro atoms. The number of hydrogen-bond donors (Lipinski definition) is 0. The van der Waals surface area contributed by atoms with Crippen molar-refractivity contribution < 1.29 is 4.42 Å². The Morgan fingerprint density at radius 1 is 0.739 bits per heavy atom. The maximum atomic E-state index is 5.80. The van der Waals surface area contributed by atoms with Crippen LogP contribution in [0.4, 0.5) is 0 Å². The van der Waals surface area contributed by atoms with Gasteiger partial charge in [0, 0.05) is 12.5 Å². The number of aryl methyl sites for hydroxylation is 2. The summed E-state index contributed by atoms with van der Waals surface area (Å²) in [5.41, 5.74) is 7.59. The normalized spacial score (nSPS) is 11.0. The molecule has 4 rings (SSSR count). The lowest BCUT2D eigenvalue weighted by Gasteiger charge is -2.07. The first-order chi connectivity index (χ1) is 11.2. The van der Waals surface area contributed by atoms with E-state index in [2.05, 4.69) is 72.6 Å². The third kappa shape index (κ3) is 2.53. The van der Waals surface area contributed by atoms with Gasteiger partial charge < -0.3 is 4.42 Å². The van der Waals surface area contributed by atoms with E-state index in [0.717, 1.165) is 27.8 Å². The van der Waals surface area contributed by atoms with Crippen LogP contribution in [0.3, 0.4) is 0 Å². The number of hydrogen-bond acceptors (Lipinski definition) is 2. The van der Waals surface area contributed by atoms with Gasteiger partial charge in [0.05, 0.1) is 0 Å². The summed E-state index contributed by atoms with van der Waals surface area (Å²) in [6.07, 6.45) is 0. The van der Waals surface area contributed by atoms with Crippen LogP contribution in [-0.2, 0) is 0 Å². The van der Waals surface area contributed by atoms with Gasteiger partial charge in [-0.25, -0.2) is 4.98 Å². The Balaban J connectivity index is 1.99. The summed E-state index contributed by atoms with van der Waals surface area (Å²) in [4.78, 5) is 4.58. The van der Waals surface area contributed by atoms with Crippen LogP contribution in [0.15, 0.2) is 71.1 Å². The third-order valence-corrected chi connectivity index (χ3v) is 4.07. The number of fused-ring (bicyclic) bond motifs is 1. The maximum Gasteiger partial charge on any atom is 0.192 e. The van der Waals surface area contributed by atoms with E-state index in [0.29, 0.717) is 5.89 Å². The van der Waals surface area contributed by atoms with Gasteiger partial charge in [-0.1, -0.05) is 60.2 Å².